The maximum atomic E-state index is 3.44. The Hall–Kier alpha value is -1.92. The molecule has 1 aliphatic carbocycles. The fraction of sp³-hybridized carbons (Fsp3) is 0.586. The molecule has 0 nitrogen and oxygen atoms in total. The molecule has 0 N–H and O–H groups in total. The van der Waals surface area contributed by atoms with Gasteiger partial charge < -0.3 is 0 Å². The van der Waals surface area contributed by atoms with Crippen molar-refractivity contribution in [2.45, 2.75) is 97.3 Å². The van der Waals surface area contributed by atoms with Crippen LogP contribution in [0.15, 0.2) is 36.4 Å². The van der Waals surface area contributed by atoms with Crippen LogP contribution in [0.4, 0.5) is 0 Å². The summed E-state index contributed by atoms with van der Waals surface area (Å²) >= 11 is 0. The summed E-state index contributed by atoms with van der Waals surface area (Å²) in [5, 5.41) is 0. The van der Waals surface area contributed by atoms with E-state index in [4.69, 9.17) is 0 Å². The third kappa shape index (κ3) is 10.4. The molecule has 1 aromatic rings. The Balaban J connectivity index is 1.66. The van der Waals surface area contributed by atoms with E-state index >= 15 is 0 Å². The molecule has 2 rings (SSSR count). The van der Waals surface area contributed by atoms with Crippen molar-refractivity contribution in [2.75, 3.05) is 0 Å². The monoisotopic (exact) mass is 388 g/mol. The molecule has 0 amide bonds. The van der Waals surface area contributed by atoms with Crippen molar-refractivity contribution < 1.29 is 0 Å². The van der Waals surface area contributed by atoms with Gasteiger partial charge in [-0.05, 0) is 74.3 Å². The van der Waals surface area contributed by atoms with Crippen molar-refractivity contribution >= 4 is 0 Å². The van der Waals surface area contributed by atoms with Gasteiger partial charge in [-0.25, -0.2) is 0 Å². The van der Waals surface area contributed by atoms with Crippen molar-refractivity contribution in [3.05, 3.63) is 47.5 Å². The molecule has 1 fully saturated rings. The van der Waals surface area contributed by atoms with Gasteiger partial charge in [-0.15, -0.1) is 0 Å². The van der Waals surface area contributed by atoms with E-state index in [0.717, 1.165) is 11.5 Å². The Morgan fingerprint density at radius 1 is 0.793 bits per heavy atom. The lowest BCUT2D eigenvalue weighted by Crippen LogP contribution is -2.13. The highest BCUT2D eigenvalue weighted by Crippen LogP contribution is 2.31. The number of rotatable bonds is 9. The van der Waals surface area contributed by atoms with E-state index in [9.17, 15) is 0 Å². The zero-order chi connectivity index (χ0) is 20.6. The van der Waals surface area contributed by atoms with E-state index in [2.05, 4.69) is 61.8 Å². The van der Waals surface area contributed by atoms with E-state index in [1.165, 1.54) is 89.0 Å². The summed E-state index contributed by atoms with van der Waals surface area (Å²) in [5.41, 5.74) is 2.50. The molecule has 0 atom stereocenters. The molecule has 0 unspecified atom stereocenters. The topological polar surface area (TPSA) is 0 Å². The van der Waals surface area contributed by atoms with Crippen LogP contribution in [-0.4, -0.2) is 0 Å². The SMILES string of the molecule is CCCCCCC1CCC(C#C/C=C/C#Cc2ccc(CCCCC)cc2)CC1. The lowest BCUT2D eigenvalue weighted by Gasteiger charge is -2.25. The van der Waals surface area contributed by atoms with E-state index in [-0.39, 0.29) is 0 Å². The van der Waals surface area contributed by atoms with Gasteiger partial charge in [0.1, 0.15) is 0 Å². The third-order valence-corrected chi connectivity index (χ3v) is 6.09. The van der Waals surface area contributed by atoms with Crippen LogP contribution in [0.25, 0.3) is 0 Å². The van der Waals surface area contributed by atoms with Crippen LogP contribution in [0.3, 0.4) is 0 Å². The highest BCUT2D eigenvalue weighted by atomic mass is 14.2. The van der Waals surface area contributed by atoms with Crippen LogP contribution >= 0.6 is 0 Å². The van der Waals surface area contributed by atoms with Gasteiger partial charge in [-0.3, -0.25) is 0 Å². The number of hydrogen-bond acceptors (Lipinski definition) is 0. The van der Waals surface area contributed by atoms with Crippen molar-refractivity contribution in [3.8, 4) is 23.7 Å². The molecule has 0 radical (unpaired) electrons. The quantitative estimate of drug-likeness (QED) is 0.296. The molecular weight excluding hydrogens is 348 g/mol. The minimum atomic E-state index is 0.597. The van der Waals surface area contributed by atoms with Crippen LogP contribution in [0.5, 0.6) is 0 Å². The first-order valence-corrected chi connectivity index (χ1v) is 12.1. The smallest absolute Gasteiger partial charge is 0.0249 e. The summed E-state index contributed by atoms with van der Waals surface area (Å²) < 4.78 is 0. The molecular formula is C29H40. The van der Waals surface area contributed by atoms with Gasteiger partial charge in [0.2, 0.25) is 0 Å². The lowest BCUT2D eigenvalue weighted by atomic mass is 9.80. The number of allylic oxidation sites excluding steroid dienone is 2. The van der Waals surface area contributed by atoms with Gasteiger partial charge in [0.15, 0.2) is 0 Å². The molecule has 0 aliphatic heterocycles. The summed E-state index contributed by atoms with van der Waals surface area (Å²) in [7, 11) is 0. The molecule has 1 saturated carbocycles. The first-order valence-electron chi connectivity index (χ1n) is 12.1. The number of benzene rings is 1. The Labute approximate surface area is 180 Å². The molecule has 0 saturated heterocycles. The van der Waals surface area contributed by atoms with Gasteiger partial charge in [0.25, 0.3) is 0 Å². The first kappa shape index (κ1) is 23.4. The maximum Gasteiger partial charge on any atom is 0.0249 e. The molecule has 29 heavy (non-hydrogen) atoms. The predicted molar refractivity (Wildman–Crippen MR) is 128 cm³/mol. The van der Waals surface area contributed by atoms with Gasteiger partial charge in [0.05, 0.1) is 0 Å². The standard InChI is InChI=1S/C29H40/c1-3-5-7-11-15-27-22-24-29(25-23-27)17-13-9-8-12-16-28-20-18-26(19-21-28)14-10-6-4-2/h8-9,18-21,27,29H,3-7,10-11,14-15,22-25H2,1-2H3/b9-8+. The molecule has 156 valence electrons. The van der Waals surface area contributed by atoms with E-state index < -0.39 is 0 Å². The van der Waals surface area contributed by atoms with Crippen LogP contribution in [0.1, 0.15) is 102 Å². The maximum absolute atomic E-state index is 3.44. The summed E-state index contributed by atoms with van der Waals surface area (Å²) in [6.45, 7) is 4.54. The Morgan fingerprint density at radius 3 is 2.21 bits per heavy atom. The predicted octanol–water partition coefficient (Wildman–Crippen LogP) is 8.11. The van der Waals surface area contributed by atoms with Crippen LogP contribution in [0, 0.1) is 35.5 Å². The van der Waals surface area contributed by atoms with Crippen LogP contribution in [-0.2, 0) is 6.42 Å². The molecule has 0 heterocycles. The van der Waals surface area contributed by atoms with Gasteiger partial charge >= 0.3 is 0 Å². The number of hydrogen-bond donors (Lipinski definition) is 0. The average Bonchev–Trinajstić information content (AvgIpc) is 2.76. The summed E-state index contributed by atoms with van der Waals surface area (Å²) in [6.07, 6.45) is 21.2. The molecule has 0 spiro atoms. The highest BCUT2D eigenvalue weighted by Gasteiger charge is 2.19. The van der Waals surface area contributed by atoms with E-state index in [0.29, 0.717) is 5.92 Å². The molecule has 0 bridgehead atoms. The van der Waals surface area contributed by atoms with E-state index in [1.54, 1.807) is 0 Å². The lowest BCUT2D eigenvalue weighted by molar-refractivity contribution is 0.294. The fourth-order valence-corrected chi connectivity index (χ4v) is 4.16. The molecule has 1 aromatic carbocycles. The first-order chi connectivity index (χ1) is 14.3. The van der Waals surface area contributed by atoms with Crippen LogP contribution < -0.4 is 0 Å². The average molecular weight is 389 g/mol. The summed E-state index contributed by atoms with van der Waals surface area (Å²) in [6, 6.07) is 8.69. The van der Waals surface area contributed by atoms with Gasteiger partial charge in [-0.1, -0.05) is 94.6 Å². The Bertz CT molecular complexity index is 690. The van der Waals surface area contributed by atoms with Crippen molar-refractivity contribution in [2.24, 2.45) is 11.8 Å². The highest BCUT2D eigenvalue weighted by molar-refractivity contribution is 5.39. The number of aryl methyl sites for hydroxylation is 1. The fourth-order valence-electron chi connectivity index (χ4n) is 4.16. The second kappa shape index (κ2) is 15.0. The zero-order valence-corrected chi connectivity index (χ0v) is 18.8. The molecule has 0 aromatic heterocycles. The molecule has 1 aliphatic rings. The van der Waals surface area contributed by atoms with Crippen molar-refractivity contribution in [3.63, 3.8) is 0 Å². The van der Waals surface area contributed by atoms with Crippen molar-refractivity contribution in [1.82, 2.24) is 0 Å². The minimum Gasteiger partial charge on any atom is -0.0951 e. The van der Waals surface area contributed by atoms with Gasteiger partial charge in [0, 0.05) is 11.5 Å². The summed E-state index contributed by atoms with van der Waals surface area (Å²) in [5.74, 6) is 14.6. The van der Waals surface area contributed by atoms with E-state index in [1.807, 2.05) is 12.2 Å². The van der Waals surface area contributed by atoms with Gasteiger partial charge in [-0.2, -0.15) is 0 Å². The second-order valence-electron chi connectivity index (χ2n) is 8.61. The van der Waals surface area contributed by atoms with Crippen LogP contribution in [0.2, 0.25) is 0 Å². The minimum absolute atomic E-state index is 0.597. The van der Waals surface area contributed by atoms with Crippen molar-refractivity contribution in [1.29, 1.82) is 0 Å². The third-order valence-electron chi connectivity index (χ3n) is 6.09. The Morgan fingerprint density at radius 2 is 1.48 bits per heavy atom. The number of unbranched alkanes of at least 4 members (excludes halogenated alkanes) is 5. The normalized spacial score (nSPS) is 18.7. The molecule has 0 heteroatoms. The largest absolute Gasteiger partial charge is 0.0951 e. The Kier molecular flexibility index (Phi) is 12.1. The second-order valence-corrected chi connectivity index (χ2v) is 8.61. The zero-order valence-electron chi connectivity index (χ0n) is 18.8. The summed E-state index contributed by atoms with van der Waals surface area (Å²) in [4.78, 5) is 0.